The predicted molar refractivity (Wildman–Crippen MR) is 56.4 cm³/mol. The largest absolute Gasteiger partial charge is 0.468 e. The maximum Gasteiger partial charge on any atom is 0.322 e. The van der Waals surface area contributed by atoms with Gasteiger partial charge in [-0.3, -0.25) is 4.79 Å². The molecule has 1 atom stereocenters. The van der Waals surface area contributed by atoms with Crippen LogP contribution in [0.4, 0.5) is 0 Å². The SMILES string of the molecule is CCC(NCCc1cnc[nH]1)C(=O)OC. The molecule has 0 saturated carbocycles. The van der Waals surface area contributed by atoms with Crippen molar-refractivity contribution >= 4 is 5.97 Å². The molecule has 1 aromatic heterocycles. The van der Waals surface area contributed by atoms with Crippen molar-refractivity contribution in [3.63, 3.8) is 0 Å². The molecule has 1 heterocycles. The van der Waals surface area contributed by atoms with Crippen molar-refractivity contribution in [2.24, 2.45) is 0 Å². The molecule has 5 nitrogen and oxygen atoms in total. The highest BCUT2D eigenvalue weighted by molar-refractivity contribution is 5.75. The molecule has 0 fully saturated rings. The number of esters is 1. The smallest absolute Gasteiger partial charge is 0.322 e. The van der Waals surface area contributed by atoms with E-state index in [4.69, 9.17) is 0 Å². The molecule has 2 N–H and O–H groups in total. The summed E-state index contributed by atoms with van der Waals surface area (Å²) < 4.78 is 4.67. The van der Waals surface area contributed by atoms with Crippen LogP contribution < -0.4 is 5.32 Å². The summed E-state index contributed by atoms with van der Waals surface area (Å²) in [5.74, 6) is -0.206. The Labute approximate surface area is 89.2 Å². The lowest BCUT2D eigenvalue weighted by molar-refractivity contribution is -0.143. The molecule has 0 saturated heterocycles. The molecule has 1 aromatic rings. The Morgan fingerprint density at radius 2 is 2.53 bits per heavy atom. The van der Waals surface area contributed by atoms with Crippen LogP contribution in [0.2, 0.25) is 0 Å². The number of carbonyl (C=O) groups is 1. The summed E-state index contributed by atoms with van der Waals surface area (Å²) in [7, 11) is 1.40. The molecular formula is C10H17N3O2. The van der Waals surface area contributed by atoms with Gasteiger partial charge in [-0.15, -0.1) is 0 Å². The number of imidazole rings is 1. The van der Waals surface area contributed by atoms with E-state index < -0.39 is 0 Å². The molecule has 1 unspecified atom stereocenters. The number of aromatic amines is 1. The number of H-pyrrole nitrogens is 1. The zero-order valence-corrected chi connectivity index (χ0v) is 9.12. The highest BCUT2D eigenvalue weighted by atomic mass is 16.5. The first kappa shape index (κ1) is 11.7. The summed E-state index contributed by atoms with van der Waals surface area (Å²) in [5, 5.41) is 3.14. The van der Waals surface area contributed by atoms with Gasteiger partial charge >= 0.3 is 5.97 Å². The van der Waals surface area contributed by atoms with Crippen LogP contribution in [0.1, 0.15) is 19.0 Å². The van der Waals surface area contributed by atoms with E-state index >= 15 is 0 Å². The minimum absolute atomic E-state index is 0.206. The molecule has 0 aromatic carbocycles. The minimum atomic E-state index is -0.210. The Kier molecular flexibility index (Phi) is 4.83. The van der Waals surface area contributed by atoms with Gasteiger partial charge in [0.25, 0.3) is 0 Å². The molecule has 0 radical (unpaired) electrons. The van der Waals surface area contributed by atoms with Crippen molar-refractivity contribution < 1.29 is 9.53 Å². The normalized spacial score (nSPS) is 12.4. The number of methoxy groups -OCH3 is 1. The monoisotopic (exact) mass is 211 g/mol. The van der Waals surface area contributed by atoms with Crippen LogP contribution in [-0.2, 0) is 16.0 Å². The molecule has 0 bridgehead atoms. The van der Waals surface area contributed by atoms with E-state index in [2.05, 4.69) is 20.0 Å². The van der Waals surface area contributed by atoms with Gasteiger partial charge in [0.2, 0.25) is 0 Å². The first-order valence-electron chi connectivity index (χ1n) is 5.06. The maximum atomic E-state index is 11.2. The van der Waals surface area contributed by atoms with Gasteiger partial charge < -0.3 is 15.0 Å². The van der Waals surface area contributed by atoms with E-state index in [1.807, 2.05) is 6.92 Å². The summed E-state index contributed by atoms with van der Waals surface area (Å²) in [6.45, 7) is 2.68. The molecule has 1 rings (SSSR count). The van der Waals surface area contributed by atoms with Gasteiger partial charge in [0.1, 0.15) is 6.04 Å². The first-order chi connectivity index (χ1) is 7.27. The highest BCUT2D eigenvalue weighted by Gasteiger charge is 2.15. The number of nitrogens with one attached hydrogen (secondary N) is 2. The van der Waals surface area contributed by atoms with Gasteiger partial charge in [0.15, 0.2) is 0 Å². The fraction of sp³-hybridized carbons (Fsp3) is 0.600. The summed E-state index contributed by atoms with van der Waals surface area (Å²) in [4.78, 5) is 18.2. The third-order valence-corrected chi connectivity index (χ3v) is 2.23. The van der Waals surface area contributed by atoms with Crippen LogP contribution in [0.15, 0.2) is 12.5 Å². The van der Waals surface area contributed by atoms with E-state index in [0.717, 1.165) is 25.1 Å². The van der Waals surface area contributed by atoms with Crippen LogP contribution in [-0.4, -0.2) is 35.6 Å². The van der Waals surface area contributed by atoms with Crippen molar-refractivity contribution in [3.05, 3.63) is 18.2 Å². The Morgan fingerprint density at radius 3 is 3.07 bits per heavy atom. The molecule has 15 heavy (non-hydrogen) atoms. The fourth-order valence-corrected chi connectivity index (χ4v) is 1.34. The average molecular weight is 211 g/mol. The lowest BCUT2D eigenvalue weighted by Crippen LogP contribution is -2.38. The highest BCUT2D eigenvalue weighted by Crippen LogP contribution is 1.96. The van der Waals surface area contributed by atoms with Crippen molar-refractivity contribution in [3.8, 4) is 0 Å². The second kappa shape index (κ2) is 6.19. The molecule has 0 spiro atoms. The third kappa shape index (κ3) is 3.71. The van der Waals surface area contributed by atoms with Gasteiger partial charge in [-0.25, -0.2) is 4.98 Å². The quantitative estimate of drug-likeness (QED) is 0.672. The molecule has 5 heteroatoms. The van der Waals surface area contributed by atoms with E-state index in [0.29, 0.717) is 0 Å². The van der Waals surface area contributed by atoms with Crippen molar-refractivity contribution in [1.82, 2.24) is 15.3 Å². The molecular weight excluding hydrogens is 194 g/mol. The van der Waals surface area contributed by atoms with Gasteiger partial charge in [-0.1, -0.05) is 6.92 Å². The lowest BCUT2D eigenvalue weighted by Gasteiger charge is -2.13. The second-order valence-corrected chi connectivity index (χ2v) is 3.26. The maximum absolute atomic E-state index is 11.2. The Hall–Kier alpha value is -1.36. The average Bonchev–Trinajstić information content (AvgIpc) is 2.76. The number of nitrogens with zero attached hydrogens (tertiary/aromatic N) is 1. The number of carbonyl (C=O) groups excluding carboxylic acids is 1. The van der Waals surface area contributed by atoms with E-state index in [1.54, 1.807) is 12.5 Å². The zero-order valence-electron chi connectivity index (χ0n) is 9.12. The Balaban J connectivity index is 2.26. The molecule has 0 aliphatic heterocycles. The van der Waals surface area contributed by atoms with Crippen LogP contribution in [0.3, 0.4) is 0 Å². The van der Waals surface area contributed by atoms with Gasteiger partial charge in [0, 0.05) is 24.9 Å². The topological polar surface area (TPSA) is 67.0 Å². The van der Waals surface area contributed by atoms with E-state index in [-0.39, 0.29) is 12.0 Å². The zero-order chi connectivity index (χ0) is 11.1. The standard InChI is InChI=1S/C10H17N3O2/c1-3-9(10(14)15-2)12-5-4-8-6-11-7-13-8/h6-7,9,12H,3-5H2,1-2H3,(H,11,13). The van der Waals surface area contributed by atoms with Crippen molar-refractivity contribution in [2.75, 3.05) is 13.7 Å². The number of aromatic nitrogens is 2. The van der Waals surface area contributed by atoms with Crippen LogP contribution in [0, 0.1) is 0 Å². The number of rotatable bonds is 6. The van der Waals surface area contributed by atoms with Gasteiger partial charge in [-0.2, -0.15) is 0 Å². The number of ether oxygens (including phenoxy) is 1. The first-order valence-corrected chi connectivity index (χ1v) is 5.06. The molecule has 0 aliphatic rings. The van der Waals surface area contributed by atoms with E-state index in [1.165, 1.54) is 7.11 Å². The molecule has 84 valence electrons. The van der Waals surface area contributed by atoms with E-state index in [9.17, 15) is 4.79 Å². The summed E-state index contributed by atoms with van der Waals surface area (Å²) in [5.41, 5.74) is 1.06. The van der Waals surface area contributed by atoms with Crippen molar-refractivity contribution in [2.45, 2.75) is 25.8 Å². The summed E-state index contributed by atoms with van der Waals surface area (Å²) in [6.07, 6.45) is 4.98. The second-order valence-electron chi connectivity index (χ2n) is 3.26. The number of hydrogen-bond acceptors (Lipinski definition) is 4. The Bertz CT molecular complexity index is 285. The Morgan fingerprint density at radius 1 is 1.73 bits per heavy atom. The third-order valence-electron chi connectivity index (χ3n) is 2.23. The summed E-state index contributed by atoms with van der Waals surface area (Å²) >= 11 is 0. The lowest BCUT2D eigenvalue weighted by atomic mass is 10.2. The van der Waals surface area contributed by atoms with Gasteiger partial charge in [0.05, 0.1) is 13.4 Å². The van der Waals surface area contributed by atoms with Crippen LogP contribution in [0.25, 0.3) is 0 Å². The fourth-order valence-electron chi connectivity index (χ4n) is 1.34. The predicted octanol–water partition coefficient (Wildman–Crippen LogP) is 0.493. The molecule has 0 amide bonds. The van der Waals surface area contributed by atoms with Crippen LogP contribution >= 0.6 is 0 Å². The minimum Gasteiger partial charge on any atom is -0.468 e. The summed E-state index contributed by atoms with van der Waals surface area (Å²) in [6, 6.07) is -0.210. The van der Waals surface area contributed by atoms with Crippen LogP contribution in [0.5, 0.6) is 0 Å². The number of hydrogen-bond donors (Lipinski definition) is 2. The van der Waals surface area contributed by atoms with Gasteiger partial charge in [-0.05, 0) is 6.42 Å². The molecule has 0 aliphatic carbocycles. The van der Waals surface area contributed by atoms with Crippen molar-refractivity contribution in [1.29, 1.82) is 0 Å².